The summed E-state index contributed by atoms with van der Waals surface area (Å²) < 4.78 is 0. The van der Waals surface area contributed by atoms with Gasteiger partial charge in [-0.15, -0.1) is 0 Å². The molecule has 0 aliphatic heterocycles. The average molecular weight is 516 g/mol. The third-order valence-corrected chi connectivity index (χ3v) is 0. The molecule has 6 heavy (non-hydrogen) atoms. The monoisotopic (exact) mass is 515 g/mol. The Labute approximate surface area is 170 Å². The smallest absolute Gasteiger partial charge is 1.00 e. The molecule has 0 aromatic heterocycles. The summed E-state index contributed by atoms with van der Waals surface area (Å²) in [5, 5.41) is 0. The first-order valence-corrected chi connectivity index (χ1v) is 0. The Morgan fingerprint density at radius 1 is 1.17 bits per heavy atom. The fourth-order valence-electron chi connectivity index (χ4n) is 0. The van der Waals surface area contributed by atoms with Crippen molar-refractivity contribution in [3.63, 3.8) is 0 Å². The molecule has 0 saturated heterocycles. The molecule has 0 saturated carbocycles. The number of hydrogen-bond acceptors (Lipinski definition) is 0. The van der Waals surface area contributed by atoms with E-state index in [-0.39, 0.29) is 176 Å². The predicted molar refractivity (Wildman–Crippen MR) is 12.2 cm³/mol. The van der Waals surface area contributed by atoms with Gasteiger partial charge in [0.1, 0.15) is 0 Å². The van der Waals surface area contributed by atoms with Crippen LogP contribution in [0.2, 0.25) is 0 Å². The number of rotatable bonds is 0. The van der Waals surface area contributed by atoms with Gasteiger partial charge < -0.3 is 2.85 Å². The van der Waals surface area contributed by atoms with Crippen LogP contribution in [-0.4, -0.2) is 26.2 Å². The van der Waals surface area contributed by atoms with Gasteiger partial charge in [-0.25, -0.2) is 0 Å². The molecule has 0 aromatic carbocycles. The zero-order chi connectivity index (χ0) is 0. The summed E-state index contributed by atoms with van der Waals surface area (Å²) >= 11 is 0. The minimum Gasteiger partial charge on any atom is -1.00 e. The second-order valence-electron chi connectivity index (χ2n) is 0. The first-order chi connectivity index (χ1) is 0. The molecule has 29 valence electrons. The predicted octanol–water partition coefficient (Wildman–Crippen LogP) is -6.96. The zero-order valence-electron chi connectivity index (χ0n) is 6.01. The Bertz CT molecular complexity index is 22.0. The molecule has 0 aliphatic carbocycles. The van der Waals surface area contributed by atoms with Crippen molar-refractivity contribution in [2.24, 2.45) is 0 Å². The molecule has 0 spiro atoms. The molecule has 0 nitrogen and oxygen atoms in total. The molecule has 6 heteroatoms. The Morgan fingerprint density at radius 2 is 1.17 bits per heavy atom. The minimum atomic E-state index is 0. The molecule has 0 atom stereocenters. The van der Waals surface area contributed by atoms with Crippen LogP contribution in [0.15, 0.2) is 0 Å². The third kappa shape index (κ3) is 22.6. The molecule has 0 unspecified atom stereocenters. The maximum absolute atomic E-state index is 0. The first kappa shape index (κ1) is 41.4. The average Bonchev–Trinajstić information content (AvgIpc) is 0. The maximum Gasteiger partial charge on any atom is 1.00 e. The van der Waals surface area contributed by atoms with Gasteiger partial charge in [-0.05, 0) is 0 Å². The van der Waals surface area contributed by atoms with Crippen molar-refractivity contribution in [1.29, 1.82) is 0 Å². The van der Waals surface area contributed by atoms with Gasteiger partial charge >= 0.3 is 107 Å². The molecule has 0 N–H and O–H groups in total. The van der Waals surface area contributed by atoms with Gasteiger partial charge in [0.25, 0.3) is 0 Å². The van der Waals surface area contributed by atoms with Gasteiger partial charge in [0, 0.05) is 65.7 Å². The largest absolute Gasteiger partial charge is 1.00 e. The van der Waals surface area contributed by atoms with E-state index in [0.717, 1.165) is 0 Å². The van der Waals surface area contributed by atoms with E-state index in [1.54, 1.807) is 0 Å². The van der Waals surface area contributed by atoms with E-state index < -0.39 is 0 Å². The van der Waals surface area contributed by atoms with Gasteiger partial charge in [-0.3, -0.25) is 0 Å². The standard InChI is InChI=1S/Bi.Fe.K.Na.Nb.Zr.5H/q;;2*+1;;;;;;2*-1. The van der Waals surface area contributed by atoms with Crippen LogP contribution in [0.4, 0.5) is 0 Å². The van der Waals surface area contributed by atoms with E-state index in [2.05, 4.69) is 0 Å². The van der Waals surface area contributed by atoms with Gasteiger partial charge in [0.15, 0.2) is 0 Å². The summed E-state index contributed by atoms with van der Waals surface area (Å²) in [6, 6.07) is 0. The summed E-state index contributed by atoms with van der Waals surface area (Å²) in [5.41, 5.74) is 0. The van der Waals surface area contributed by atoms with Crippen molar-refractivity contribution in [3.05, 3.63) is 0 Å². The molecular formula is H5BiFeKNaNbZr. The molecule has 0 fully saturated rings. The second-order valence-corrected chi connectivity index (χ2v) is 0. The normalized spacial score (nSPS) is 0. The van der Waals surface area contributed by atoms with Crippen molar-refractivity contribution in [3.8, 4) is 0 Å². The zero-order valence-corrected chi connectivity index (χ0v) is 20.4. The van der Waals surface area contributed by atoms with E-state index in [4.69, 9.17) is 0 Å². The van der Waals surface area contributed by atoms with Crippen molar-refractivity contribution in [2.75, 3.05) is 0 Å². The van der Waals surface area contributed by atoms with Crippen LogP contribution in [0, 0.1) is 0 Å². The van der Waals surface area contributed by atoms with Crippen molar-refractivity contribution >= 4 is 26.2 Å². The quantitative estimate of drug-likeness (QED) is 0.281. The molecule has 0 heterocycles. The summed E-state index contributed by atoms with van der Waals surface area (Å²) in [6.45, 7) is 0. The van der Waals surface area contributed by atoms with E-state index in [0.29, 0.717) is 0 Å². The van der Waals surface area contributed by atoms with E-state index in [9.17, 15) is 0 Å². The van der Waals surface area contributed by atoms with Crippen molar-refractivity contribution in [2.45, 2.75) is 0 Å². The Morgan fingerprint density at radius 3 is 1.17 bits per heavy atom. The Balaban J connectivity index is 0. The van der Waals surface area contributed by atoms with E-state index in [1.165, 1.54) is 0 Å². The first-order valence-electron chi connectivity index (χ1n) is 0. The van der Waals surface area contributed by atoms with Crippen LogP contribution >= 0.6 is 0 Å². The fourth-order valence-corrected chi connectivity index (χ4v) is 0. The second kappa shape index (κ2) is 31.0. The molecule has 0 bridgehead atoms. The van der Waals surface area contributed by atoms with E-state index in [1.807, 2.05) is 0 Å². The molecule has 0 aromatic rings. The van der Waals surface area contributed by atoms with Gasteiger partial charge in [0.05, 0.1) is 0 Å². The Hall–Kier alpha value is 5.66. The molecule has 0 amide bonds. The summed E-state index contributed by atoms with van der Waals surface area (Å²) in [4.78, 5) is 0. The van der Waals surface area contributed by atoms with Gasteiger partial charge in [-0.2, -0.15) is 0 Å². The van der Waals surface area contributed by atoms with Crippen LogP contribution in [0.5, 0.6) is 0 Å². The van der Waals surface area contributed by atoms with Crippen LogP contribution < -0.4 is 80.9 Å². The maximum atomic E-state index is 0. The third-order valence-electron chi connectivity index (χ3n) is 0. The van der Waals surface area contributed by atoms with Crippen LogP contribution in [-0.2, 0) is 65.7 Å². The van der Waals surface area contributed by atoms with Crippen LogP contribution in [0.25, 0.3) is 0 Å². The van der Waals surface area contributed by atoms with Crippen LogP contribution in [0.3, 0.4) is 0 Å². The van der Waals surface area contributed by atoms with Crippen molar-refractivity contribution in [1.82, 2.24) is 0 Å². The molecular weight excluding hydrogens is 511 g/mol. The Kier molecular flexibility index (Phi) is 214. The van der Waals surface area contributed by atoms with Crippen molar-refractivity contribution < 1.29 is 149 Å². The fraction of sp³-hybridized carbons (Fsp3) is 0. The summed E-state index contributed by atoms with van der Waals surface area (Å²) in [7, 11) is 0. The van der Waals surface area contributed by atoms with Gasteiger partial charge in [0.2, 0.25) is 0 Å². The molecule has 1 radical (unpaired) electrons. The minimum absolute atomic E-state index is 0. The SMILES string of the molecule is [BiH3].[Fe].[H-].[H-].[K+].[Na+].[Nb].[Zr]. The number of hydrogen-bond donors (Lipinski definition) is 0. The summed E-state index contributed by atoms with van der Waals surface area (Å²) in [6.07, 6.45) is 0. The van der Waals surface area contributed by atoms with Gasteiger partial charge in [-0.1, -0.05) is 0 Å². The molecule has 0 aliphatic rings. The molecule has 0 rings (SSSR count). The van der Waals surface area contributed by atoms with E-state index >= 15 is 0 Å². The topological polar surface area (TPSA) is 0 Å². The summed E-state index contributed by atoms with van der Waals surface area (Å²) in [5.74, 6) is 0. The van der Waals surface area contributed by atoms with Crippen LogP contribution in [0.1, 0.15) is 2.85 Å².